The number of rotatable bonds is 8. The van der Waals surface area contributed by atoms with Crippen LogP contribution in [0.3, 0.4) is 0 Å². The van der Waals surface area contributed by atoms with E-state index in [9.17, 15) is 0 Å². The average Bonchev–Trinajstić information content (AvgIpc) is 3.54. The number of fused-ring (bicyclic) bond motifs is 1. The highest BCUT2D eigenvalue weighted by Crippen LogP contribution is 2.32. The van der Waals surface area contributed by atoms with Crippen LogP contribution in [0.25, 0.3) is 33.5 Å². The highest BCUT2D eigenvalue weighted by molar-refractivity contribution is 5.94. The number of anilines is 3. The number of piperazine rings is 1. The van der Waals surface area contributed by atoms with Crippen LogP contribution >= 0.6 is 0 Å². The molecule has 0 radical (unpaired) electrons. The molecule has 2 saturated heterocycles. The van der Waals surface area contributed by atoms with Gasteiger partial charge in [-0.05, 0) is 97.3 Å². The van der Waals surface area contributed by atoms with Gasteiger partial charge in [0, 0.05) is 86.6 Å². The summed E-state index contributed by atoms with van der Waals surface area (Å²) in [5, 5.41) is 4.27. The number of nitrogens with zero attached hydrogens (tertiary/aromatic N) is 5. The van der Waals surface area contributed by atoms with Crippen molar-refractivity contribution in [2.45, 2.75) is 33.1 Å². The van der Waals surface area contributed by atoms with E-state index < -0.39 is 0 Å². The Kier molecular flexibility index (Phi) is 8.44. The molecule has 0 amide bonds. The first-order valence-corrected chi connectivity index (χ1v) is 16.6. The fourth-order valence-corrected chi connectivity index (χ4v) is 7.18. The van der Waals surface area contributed by atoms with Gasteiger partial charge >= 0.3 is 0 Å². The summed E-state index contributed by atoms with van der Waals surface area (Å²) in [4.78, 5) is 20.5. The molecule has 0 saturated carbocycles. The number of benzene rings is 3. The SMILES string of the molecule is CCc1ccc(-c2ncnc3[nH]c(-c4ccc(N5CCN(CC6CCN(c7ccc(NC)cc7)CC6)CC5)cc4)cc23)cc1C. The second kappa shape index (κ2) is 12.9. The maximum atomic E-state index is 4.67. The van der Waals surface area contributed by atoms with Crippen LogP contribution in [0.4, 0.5) is 17.1 Å². The van der Waals surface area contributed by atoms with E-state index in [2.05, 4.69) is 122 Å². The molecule has 3 aromatic carbocycles. The summed E-state index contributed by atoms with van der Waals surface area (Å²) in [6, 6.07) is 26.7. The van der Waals surface area contributed by atoms with Crippen molar-refractivity contribution >= 4 is 28.1 Å². The molecule has 7 rings (SSSR count). The van der Waals surface area contributed by atoms with Gasteiger partial charge in [-0.15, -0.1) is 0 Å². The smallest absolute Gasteiger partial charge is 0.141 e. The van der Waals surface area contributed by atoms with Gasteiger partial charge in [-0.3, -0.25) is 4.90 Å². The molecule has 4 heterocycles. The third-order valence-corrected chi connectivity index (χ3v) is 9.99. The Labute approximate surface area is 267 Å². The molecule has 2 N–H and O–H groups in total. The van der Waals surface area contributed by atoms with Crippen LogP contribution in [-0.4, -0.2) is 72.7 Å². The minimum Gasteiger partial charge on any atom is -0.388 e. The van der Waals surface area contributed by atoms with E-state index in [1.165, 1.54) is 53.1 Å². The molecular formula is C38H45N7. The molecule has 2 aliphatic rings. The van der Waals surface area contributed by atoms with E-state index in [-0.39, 0.29) is 0 Å². The van der Waals surface area contributed by atoms with Crippen LogP contribution in [0, 0.1) is 12.8 Å². The first kappa shape index (κ1) is 29.4. The molecule has 0 unspecified atom stereocenters. The normalized spacial score (nSPS) is 16.4. The lowest BCUT2D eigenvalue weighted by Gasteiger charge is -2.40. The highest BCUT2D eigenvalue weighted by Gasteiger charge is 2.24. The number of H-pyrrole nitrogens is 1. The van der Waals surface area contributed by atoms with E-state index in [1.807, 2.05) is 7.05 Å². The number of piperidine rings is 1. The van der Waals surface area contributed by atoms with Crippen LogP contribution < -0.4 is 15.1 Å². The molecule has 2 fully saturated rings. The van der Waals surface area contributed by atoms with Gasteiger partial charge in [0.1, 0.15) is 12.0 Å². The summed E-state index contributed by atoms with van der Waals surface area (Å²) in [7, 11) is 1.97. The van der Waals surface area contributed by atoms with Crippen LogP contribution in [0.1, 0.15) is 30.9 Å². The van der Waals surface area contributed by atoms with Gasteiger partial charge in [0.05, 0.1) is 5.69 Å². The lowest BCUT2D eigenvalue weighted by Crippen LogP contribution is -2.49. The Morgan fingerprint density at radius 2 is 1.44 bits per heavy atom. The summed E-state index contributed by atoms with van der Waals surface area (Å²) in [6.07, 6.45) is 5.26. The number of aromatic nitrogens is 3. The van der Waals surface area contributed by atoms with Crippen molar-refractivity contribution < 1.29 is 0 Å². The third-order valence-electron chi connectivity index (χ3n) is 9.99. The number of hydrogen-bond donors (Lipinski definition) is 2. The molecule has 0 aliphatic carbocycles. The van der Waals surface area contributed by atoms with Crippen molar-refractivity contribution in [3.05, 3.63) is 90.3 Å². The molecular weight excluding hydrogens is 554 g/mol. The quantitative estimate of drug-likeness (QED) is 0.196. The third kappa shape index (κ3) is 6.27. The van der Waals surface area contributed by atoms with Crippen molar-refractivity contribution in [2.24, 2.45) is 5.92 Å². The first-order valence-electron chi connectivity index (χ1n) is 16.6. The van der Waals surface area contributed by atoms with Crippen LogP contribution in [0.15, 0.2) is 79.1 Å². The Hall–Kier alpha value is -4.36. The molecule has 5 aromatic rings. The van der Waals surface area contributed by atoms with Crippen molar-refractivity contribution in [1.29, 1.82) is 0 Å². The Bertz CT molecular complexity index is 1730. The average molecular weight is 600 g/mol. The van der Waals surface area contributed by atoms with Crippen molar-refractivity contribution in [2.75, 3.05) is 68.0 Å². The van der Waals surface area contributed by atoms with Gasteiger partial charge in [-0.1, -0.05) is 31.2 Å². The summed E-state index contributed by atoms with van der Waals surface area (Å²) in [6.45, 7) is 12.4. The van der Waals surface area contributed by atoms with Crippen molar-refractivity contribution in [3.8, 4) is 22.5 Å². The Balaban J connectivity index is 0.942. The number of aryl methyl sites for hydroxylation is 2. The maximum absolute atomic E-state index is 4.67. The lowest BCUT2D eigenvalue weighted by atomic mass is 9.95. The monoisotopic (exact) mass is 599 g/mol. The molecule has 0 spiro atoms. The number of aromatic amines is 1. The minimum absolute atomic E-state index is 0.796. The van der Waals surface area contributed by atoms with Crippen LogP contribution in [0.2, 0.25) is 0 Å². The maximum Gasteiger partial charge on any atom is 0.141 e. The highest BCUT2D eigenvalue weighted by atomic mass is 15.3. The van der Waals surface area contributed by atoms with E-state index in [1.54, 1.807) is 6.33 Å². The van der Waals surface area contributed by atoms with Gasteiger partial charge in [0.25, 0.3) is 0 Å². The van der Waals surface area contributed by atoms with Gasteiger partial charge in [-0.25, -0.2) is 9.97 Å². The summed E-state index contributed by atoms with van der Waals surface area (Å²) < 4.78 is 0. The summed E-state index contributed by atoms with van der Waals surface area (Å²) >= 11 is 0. The zero-order valence-electron chi connectivity index (χ0n) is 26.9. The lowest BCUT2D eigenvalue weighted by molar-refractivity contribution is 0.201. The number of hydrogen-bond acceptors (Lipinski definition) is 6. The Morgan fingerprint density at radius 3 is 2.11 bits per heavy atom. The minimum atomic E-state index is 0.796. The molecule has 45 heavy (non-hydrogen) atoms. The fraction of sp³-hybridized carbons (Fsp3) is 0.368. The van der Waals surface area contributed by atoms with Gasteiger partial charge in [0.15, 0.2) is 0 Å². The zero-order chi connectivity index (χ0) is 30.8. The molecule has 2 aromatic heterocycles. The standard InChI is InChI=1S/C38H45N7/c1-4-29-5-6-31(23-27(29)2)37-35-24-36(42-38(35)41-26-40-37)30-7-11-33(12-8-30)45-21-19-43(20-22-45)25-28-15-17-44(18-16-28)34-13-9-32(39-3)10-14-34/h5-14,23-24,26,28,39H,4,15-22,25H2,1-3H3,(H,40,41,42). The summed E-state index contributed by atoms with van der Waals surface area (Å²) in [5.74, 6) is 0.796. The molecule has 2 aliphatic heterocycles. The first-order chi connectivity index (χ1) is 22.1. The van der Waals surface area contributed by atoms with E-state index in [0.29, 0.717) is 0 Å². The zero-order valence-corrected chi connectivity index (χ0v) is 26.9. The molecule has 232 valence electrons. The van der Waals surface area contributed by atoms with E-state index in [0.717, 1.165) is 79.6 Å². The largest absolute Gasteiger partial charge is 0.388 e. The molecule has 7 heteroatoms. The molecule has 0 atom stereocenters. The predicted octanol–water partition coefficient (Wildman–Crippen LogP) is 7.24. The van der Waals surface area contributed by atoms with E-state index >= 15 is 0 Å². The predicted molar refractivity (Wildman–Crippen MR) is 188 cm³/mol. The molecule has 7 nitrogen and oxygen atoms in total. The fourth-order valence-electron chi connectivity index (χ4n) is 7.18. The van der Waals surface area contributed by atoms with Crippen LogP contribution in [-0.2, 0) is 6.42 Å². The number of nitrogens with one attached hydrogen (secondary N) is 2. The van der Waals surface area contributed by atoms with Crippen molar-refractivity contribution in [1.82, 2.24) is 19.9 Å². The van der Waals surface area contributed by atoms with Crippen LogP contribution in [0.5, 0.6) is 0 Å². The summed E-state index contributed by atoms with van der Waals surface area (Å²) in [5.41, 5.74) is 11.8. The topological polar surface area (TPSA) is 63.3 Å². The van der Waals surface area contributed by atoms with Gasteiger partial charge < -0.3 is 20.1 Å². The van der Waals surface area contributed by atoms with Crippen molar-refractivity contribution in [3.63, 3.8) is 0 Å². The van der Waals surface area contributed by atoms with Gasteiger partial charge in [0.2, 0.25) is 0 Å². The molecule has 0 bridgehead atoms. The Morgan fingerprint density at radius 1 is 0.778 bits per heavy atom. The van der Waals surface area contributed by atoms with Gasteiger partial charge in [-0.2, -0.15) is 0 Å². The second-order valence-corrected chi connectivity index (χ2v) is 12.7. The van der Waals surface area contributed by atoms with E-state index in [4.69, 9.17) is 0 Å². The second-order valence-electron chi connectivity index (χ2n) is 12.7.